The van der Waals surface area contributed by atoms with Gasteiger partial charge in [0, 0.05) is 6.42 Å². The first-order valence-electron chi connectivity index (χ1n) is 7.95. The van der Waals surface area contributed by atoms with Crippen molar-refractivity contribution in [1.29, 1.82) is 0 Å². The fourth-order valence-corrected chi connectivity index (χ4v) is 2.62. The second kappa shape index (κ2) is 6.63. The minimum atomic E-state index is -0.225. The third-order valence-electron chi connectivity index (χ3n) is 4.28. The smallest absolute Gasteiger partial charge is 0.308 e. The molecule has 0 bridgehead atoms. The van der Waals surface area contributed by atoms with Gasteiger partial charge in [0.05, 0.1) is 24.7 Å². The third-order valence-corrected chi connectivity index (χ3v) is 4.28. The van der Waals surface area contributed by atoms with Gasteiger partial charge in [0.2, 0.25) is 0 Å². The topological polar surface area (TPSA) is 54.0 Å². The molecular weight excluding hydrogens is 272 g/mol. The van der Waals surface area contributed by atoms with Crippen LogP contribution in [0.1, 0.15) is 47.5 Å². The average Bonchev–Trinajstić information content (AvgIpc) is 2.82. The summed E-state index contributed by atoms with van der Waals surface area (Å²) in [6.07, 6.45) is 0.937. The van der Waals surface area contributed by atoms with Crippen LogP contribution in [-0.4, -0.2) is 49.2 Å². The number of rotatable bonds is 5. The lowest BCUT2D eigenvalue weighted by Gasteiger charge is -2.36. The number of ether oxygens (including phenoxy) is 4. The molecule has 122 valence electrons. The van der Waals surface area contributed by atoms with Crippen LogP contribution in [0.2, 0.25) is 0 Å². The molecule has 0 amide bonds. The van der Waals surface area contributed by atoms with Gasteiger partial charge in [0.25, 0.3) is 0 Å². The highest BCUT2D eigenvalue weighted by molar-refractivity contribution is 5.71. The van der Waals surface area contributed by atoms with Crippen LogP contribution < -0.4 is 0 Å². The van der Waals surface area contributed by atoms with E-state index in [0.29, 0.717) is 19.6 Å². The maximum atomic E-state index is 11.8. The Morgan fingerprint density at radius 1 is 1.24 bits per heavy atom. The highest BCUT2D eigenvalue weighted by Crippen LogP contribution is 2.33. The molecule has 0 N–H and O–H groups in total. The van der Waals surface area contributed by atoms with Gasteiger partial charge in [0.15, 0.2) is 0 Å². The zero-order valence-corrected chi connectivity index (χ0v) is 13.8. The highest BCUT2D eigenvalue weighted by atomic mass is 16.6. The van der Waals surface area contributed by atoms with Crippen molar-refractivity contribution in [3.63, 3.8) is 0 Å². The number of fused-ring (bicyclic) bond motifs is 1. The third kappa shape index (κ3) is 3.96. The van der Waals surface area contributed by atoms with E-state index in [1.54, 1.807) is 0 Å². The van der Waals surface area contributed by atoms with Crippen LogP contribution >= 0.6 is 0 Å². The first-order valence-corrected chi connectivity index (χ1v) is 7.95. The average molecular weight is 300 g/mol. The van der Waals surface area contributed by atoms with E-state index >= 15 is 0 Å². The van der Waals surface area contributed by atoms with Crippen LogP contribution in [0.3, 0.4) is 0 Å². The summed E-state index contributed by atoms with van der Waals surface area (Å²) in [5.41, 5.74) is -0.201. The first kappa shape index (κ1) is 16.7. The van der Waals surface area contributed by atoms with E-state index in [9.17, 15) is 4.79 Å². The van der Waals surface area contributed by atoms with Gasteiger partial charge in [-0.2, -0.15) is 0 Å². The summed E-state index contributed by atoms with van der Waals surface area (Å²) in [6.45, 7) is 11.0. The molecule has 4 atom stereocenters. The van der Waals surface area contributed by atoms with E-state index in [1.807, 2.05) is 13.8 Å². The van der Waals surface area contributed by atoms with Crippen molar-refractivity contribution in [3.05, 3.63) is 0 Å². The van der Waals surface area contributed by atoms with Gasteiger partial charge in [-0.3, -0.25) is 4.79 Å². The number of hydrogen-bond acceptors (Lipinski definition) is 5. The molecule has 2 aliphatic rings. The fraction of sp³-hybridized carbons (Fsp3) is 0.938. The molecule has 2 heterocycles. The molecule has 0 spiro atoms. The summed E-state index contributed by atoms with van der Waals surface area (Å²) in [6, 6.07) is 0. The summed E-state index contributed by atoms with van der Waals surface area (Å²) in [4.78, 5) is 11.8. The second-order valence-electron chi connectivity index (χ2n) is 6.82. The molecule has 21 heavy (non-hydrogen) atoms. The van der Waals surface area contributed by atoms with Gasteiger partial charge in [-0.05, 0) is 20.3 Å². The van der Waals surface area contributed by atoms with Crippen molar-refractivity contribution in [1.82, 2.24) is 0 Å². The van der Waals surface area contributed by atoms with Crippen LogP contribution in [-0.2, 0) is 23.7 Å². The lowest BCUT2D eigenvalue weighted by molar-refractivity contribution is -0.182. The van der Waals surface area contributed by atoms with Crippen LogP contribution in [0, 0.1) is 5.92 Å². The largest absolute Gasteiger partial charge is 0.459 e. The quantitative estimate of drug-likeness (QED) is 0.729. The molecule has 2 aliphatic heterocycles. The van der Waals surface area contributed by atoms with E-state index in [1.165, 1.54) is 0 Å². The summed E-state index contributed by atoms with van der Waals surface area (Å²) in [5, 5.41) is 0. The molecular formula is C16H28O5. The standard InChI is InChI=1S/C16H28O5/c1-6-16(4,5)21-12-9-19-13-11(7-8-18-14(12)13)20-15(17)10(2)3/h10-14H,6-9H2,1-5H3/t11-,12-,13-,14-/m1/s1. The molecule has 5 heteroatoms. The van der Waals surface area contributed by atoms with E-state index < -0.39 is 0 Å². The van der Waals surface area contributed by atoms with Crippen molar-refractivity contribution in [3.8, 4) is 0 Å². The van der Waals surface area contributed by atoms with Gasteiger partial charge in [-0.1, -0.05) is 20.8 Å². The second-order valence-corrected chi connectivity index (χ2v) is 6.82. The Labute approximate surface area is 127 Å². The van der Waals surface area contributed by atoms with Gasteiger partial charge in [-0.25, -0.2) is 0 Å². The van der Waals surface area contributed by atoms with E-state index in [-0.39, 0.29) is 41.9 Å². The first-order chi connectivity index (χ1) is 9.84. The Bertz CT molecular complexity index is 366. The maximum absolute atomic E-state index is 11.8. The lowest BCUT2D eigenvalue weighted by atomic mass is 9.99. The Hall–Kier alpha value is -0.650. The normalized spacial score (nSPS) is 33.0. The van der Waals surface area contributed by atoms with Crippen LogP contribution in [0.5, 0.6) is 0 Å². The van der Waals surface area contributed by atoms with Crippen LogP contribution in [0.25, 0.3) is 0 Å². The maximum Gasteiger partial charge on any atom is 0.308 e. The zero-order chi connectivity index (χ0) is 15.6. The minimum Gasteiger partial charge on any atom is -0.459 e. The Morgan fingerprint density at radius 2 is 1.90 bits per heavy atom. The number of carbonyl (C=O) groups is 1. The van der Waals surface area contributed by atoms with E-state index in [0.717, 1.165) is 6.42 Å². The number of hydrogen-bond donors (Lipinski definition) is 0. The van der Waals surface area contributed by atoms with E-state index in [4.69, 9.17) is 18.9 Å². The van der Waals surface area contributed by atoms with Crippen LogP contribution in [0.15, 0.2) is 0 Å². The van der Waals surface area contributed by atoms with Crippen molar-refractivity contribution in [2.45, 2.75) is 77.5 Å². The van der Waals surface area contributed by atoms with Crippen molar-refractivity contribution < 1.29 is 23.7 Å². The Kier molecular flexibility index (Phi) is 5.28. The van der Waals surface area contributed by atoms with E-state index in [2.05, 4.69) is 20.8 Å². The highest BCUT2D eigenvalue weighted by Gasteiger charge is 2.48. The Morgan fingerprint density at radius 3 is 2.52 bits per heavy atom. The van der Waals surface area contributed by atoms with Gasteiger partial charge < -0.3 is 18.9 Å². The van der Waals surface area contributed by atoms with Gasteiger partial charge >= 0.3 is 5.97 Å². The molecule has 2 rings (SSSR count). The molecule has 5 nitrogen and oxygen atoms in total. The molecule has 2 saturated heterocycles. The SMILES string of the molecule is CCC(C)(C)O[C@@H]1CO[C@H]2[C@@H]1OCC[C@H]2OC(=O)C(C)C. The number of esters is 1. The monoisotopic (exact) mass is 300 g/mol. The molecule has 2 fully saturated rings. The predicted molar refractivity (Wildman–Crippen MR) is 78.1 cm³/mol. The molecule has 0 aromatic carbocycles. The molecule has 0 unspecified atom stereocenters. The fourth-order valence-electron chi connectivity index (χ4n) is 2.62. The Balaban J connectivity index is 1.98. The molecule has 0 aromatic rings. The summed E-state index contributed by atoms with van der Waals surface area (Å²) in [7, 11) is 0. The minimum absolute atomic E-state index is 0.0921. The predicted octanol–water partition coefficient (Wildman–Crippen LogP) is 2.32. The van der Waals surface area contributed by atoms with Crippen molar-refractivity contribution >= 4 is 5.97 Å². The van der Waals surface area contributed by atoms with Gasteiger partial charge in [-0.15, -0.1) is 0 Å². The molecule has 0 aliphatic carbocycles. The molecule has 0 saturated carbocycles. The van der Waals surface area contributed by atoms with Crippen molar-refractivity contribution in [2.75, 3.05) is 13.2 Å². The van der Waals surface area contributed by atoms with Crippen LogP contribution in [0.4, 0.5) is 0 Å². The molecule has 0 aromatic heterocycles. The lowest BCUT2D eigenvalue weighted by Crippen LogP contribution is -2.49. The number of carbonyl (C=O) groups excluding carboxylic acids is 1. The molecule has 0 radical (unpaired) electrons. The van der Waals surface area contributed by atoms with Crippen molar-refractivity contribution in [2.24, 2.45) is 5.92 Å². The summed E-state index contributed by atoms with van der Waals surface area (Å²) >= 11 is 0. The van der Waals surface area contributed by atoms with Gasteiger partial charge in [0.1, 0.15) is 24.4 Å². The summed E-state index contributed by atoms with van der Waals surface area (Å²) in [5.74, 6) is -0.304. The summed E-state index contributed by atoms with van der Waals surface area (Å²) < 4.78 is 23.4. The zero-order valence-electron chi connectivity index (χ0n) is 13.8.